The zero-order chi connectivity index (χ0) is 45.4. The number of nitrogens with one attached hydrogen (secondary N) is 1. The van der Waals surface area contributed by atoms with Gasteiger partial charge in [0.1, 0.15) is 11.2 Å². The molecular weight excluding hydrogens is 823 g/mol. The Kier molecular flexibility index (Phi) is 11.8. The molecule has 6 heterocycles. The van der Waals surface area contributed by atoms with E-state index in [4.69, 9.17) is 24.7 Å². The number of ether oxygens (including phenoxy) is 4. The van der Waals surface area contributed by atoms with Gasteiger partial charge in [0.2, 0.25) is 5.60 Å². The molecule has 2 saturated heterocycles. The highest BCUT2D eigenvalue weighted by Gasteiger charge is 2.80. The van der Waals surface area contributed by atoms with Crippen LogP contribution in [0.15, 0.2) is 48.6 Å². The Morgan fingerprint density at radius 2 is 1.71 bits per heavy atom. The second-order valence-corrected chi connectivity index (χ2v) is 19.8. The van der Waals surface area contributed by atoms with Crippen molar-refractivity contribution in [1.29, 1.82) is 0 Å². The number of H-pyrrole nitrogens is 1. The maximum absolute atomic E-state index is 15.3. The fourth-order valence-corrected chi connectivity index (χ4v) is 13.5. The van der Waals surface area contributed by atoms with Gasteiger partial charge >= 0.3 is 17.9 Å². The van der Waals surface area contributed by atoms with Gasteiger partial charge in [-0.3, -0.25) is 19.4 Å². The molecule has 15 heteroatoms. The number of piperidine rings is 1. The third kappa shape index (κ3) is 6.57. The number of aliphatic hydroxyl groups is 2. The molecule has 3 fully saturated rings. The molecule has 0 amide bonds. The number of nitrogens with zero attached hydrogens (tertiary/aromatic N) is 3. The number of methoxy groups -OCH3 is 3. The van der Waals surface area contributed by atoms with E-state index in [1.54, 1.807) is 7.11 Å². The molecule has 5 N–H and O–H groups in total. The highest BCUT2D eigenvalue weighted by molar-refractivity contribution is 7.80. The van der Waals surface area contributed by atoms with Gasteiger partial charge in [-0.15, -0.1) is 0 Å². The molecule has 3 aromatic rings. The smallest absolute Gasteiger partial charge is 0.344 e. The first-order chi connectivity index (χ1) is 30.0. The Labute approximate surface area is 375 Å². The van der Waals surface area contributed by atoms with Gasteiger partial charge in [0.25, 0.3) is 0 Å². The van der Waals surface area contributed by atoms with Crippen LogP contribution in [0.25, 0.3) is 10.9 Å². The summed E-state index contributed by atoms with van der Waals surface area (Å²) >= 11 is 3.74. The molecule has 0 radical (unpaired) electrons. The summed E-state index contributed by atoms with van der Waals surface area (Å²) in [5, 5.41) is 26.4. The quantitative estimate of drug-likeness (QED) is 0.0750. The second kappa shape index (κ2) is 16.4. The minimum Gasteiger partial charge on any atom is -0.496 e. The highest BCUT2D eigenvalue weighted by atomic mass is 32.1. The van der Waals surface area contributed by atoms with Crippen LogP contribution in [0.4, 0.5) is 5.69 Å². The maximum Gasteiger partial charge on any atom is 0.344 e. The zero-order valence-electron chi connectivity index (χ0n) is 37.9. The van der Waals surface area contributed by atoms with Crippen molar-refractivity contribution in [1.82, 2.24) is 14.8 Å². The fraction of sp³-hybridized carbons (Fsp3) is 0.604. The number of benzene rings is 2. The van der Waals surface area contributed by atoms with Crippen LogP contribution in [-0.2, 0) is 45.8 Å². The molecule has 1 spiro atoms. The van der Waals surface area contributed by atoms with Crippen LogP contribution in [0.2, 0.25) is 0 Å². The number of fused-ring (bicyclic) bond motifs is 6. The number of aromatic nitrogens is 1. The summed E-state index contributed by atoms with van der Waals surface area (Å²) in [5.41, 5.74) is 3.35. The highest BCUT2D eigenvalue weighted by Crippen LogP contribution is 2.68. The van der Waals surface area contributed by atoms with Gasteiger partial charge in [-0.2, -0.15) is 12.6 Å². The van der Waals surface area contributed by atoms with E-state index in [0.29, 0.717) is 82.6 Å². The molecule has 14 nitrogen and oxygen atoms in total. The first-order valence-corrected chi connectivity index (χ1v) is 22.9. The van der Waals surface area contributed by atoms with Crippen LogP contribution in [0.1, 0.15) is 82.2 Å². The summed E-state index contributed by atoms with van der Waals surface area (Å²) in [6.45, 7) is 10.4. The zero-order valence-corrected chi connectivity index (χ0v) is 38.8. The van der Waals surface area contributed by atoms with Gasteiger partial charge in [-0.1, -0.05) is 44.2 Å². The van der Waals surface area contributed by atoms with Crippen LogP contribution >= 0.6 is 12.6 Å². The van der Waals surface area contributed by atoms with Gasteiger partial charge in [0, 0.05) is 96.3 Å². The van der Waals surface area contributed by atoms with Crippen molar-refractivity contribution < 1.29 is 43.5 Å². The normalized spacial score (nSPS) is 35.6. The van der Waals surface area contributed by atoms with Crippen LogP contribution in [0, 0.1) is 11.3 Å². The monoisotopic (exact) mass is 887 g/mol. The fourth-order valence-electron chi connectivity index (χ4n) is 13.5. The molecule has 1 unspecified atom stereocenters. The van der Waals surface area contributed by atoms with Crippen LogP contribution < -0.4 is 15.4 Å². The van der Waals surface area contributed by atoms with Crippen molar-refractivity contribution in [3.63, 3.8) is 0 Å². The predicted octanol–water partition coefficient (Wildman–Crippen LogP) is 4.21. The summed E-state index contributed by atoms with van der Waals surface area (Å²) in [5.74, 6) is -1.56. The third-order valence-corrected chi connectivity index (χ3v) is 15.6. The molecular formula is C48H65N5O9S. The van der Waals surface area contributed by atoms with Crippen molar-refractivity contribution in [2.75, 3.05) is 66.0 Å². The van der Waals surface area contributed by atoms with Gasteiger partial charge in [-0.05, 0) is 81.2 Å². The lowest BCUT2D eigenvalue weighted by atomic mass is 9.47. The molecule has 2 bridgehead atoms. The van der Waals surface area contributed by atoms with Crippen molar-refractivity contribution in [2.24, 2.45) is 17.1 Å². The lowest BCUT2D eigenvalue weighted by molar-refractivity contribution is -0.228. The average molecular weight is 888 g/mol. The number of carbonyl (C=O) groups is 3. The minimum atomic E-state index is -2.30. The standard InChI is InChI=1S/C46H58N4O9.C2H7NS/c1-8-42(54)23-28-24-45(40(52)57-6,36-30(15-19-49(25-28)26-42)29-13-10-11-14-33(29)47-36)32-21-31-34(22-35(32)56-5)48(4)38-44(31)17-20-50-18-12-16-43(9-2,37(44)50)39(59-27(3)51)46(38,55)41(53)58-7;1-2(3)4/h10-14,16,21-22,28,37-39,47,54-55H,8-9,15,17-20,23-26H2,1-7H3;2,4H,3H2,1H3/t28-,37-,38+,39+,42-,43+,44+,45-,46-;/m0./s1. The van der Waals surface area contributed by atoms with Crippen LogP contribution in [-0.4, -0.2) is 139 Å². The van der Waals surface area contributed by atoms with E-state index in [1.807, 2.05) is 57.0 Å². The molecule has 2 aromatic carbocycles. The molecule has 11 atom stereocenters. The number of esters is 3. The number of aromatic amines is 1. The van der Waals surface area contributed by atoms with Gasteiger partial charge in [0.15, 0.2) is 6.10 Å². The van der Waals surface area contributed by atoms with Crippen molar-refractivity contribution >= 4 is 47.1 Å². The van der Waals surface area contributed by atoms with Crippen molar-refractivity contribution in [3.8, 4) is 5.75 Å². The molecule has 1 aromatic heterocycles. The lowest BCUT2D eigenvalue weighted by Crippen LogP contribution is -2.81. The second-order valence-electron chi connectivity index (χ2n) is 18.9. The molecule has 1 saturated carbocycles. The van der Waals surface area contributed by atoms with Gasteiger partial charge in [0.05, 0.1) is 33.0 Å². The Morgan fingerprint density at radius 1 is 1.00 bits per heavy atom. The lowest BCUT2D eigenvalue weighted by Gasteiger charge is -2.63. The van der Waals surface area contributed by atoms with Crippen molar-refractivity contribution in [3.05, 3.63) is 70.9 Å². The number of hydrogen-bond acceptors (Lipinski definition) is 14. The number of thiol groups is 1. The first kappa shape index (κ1) is 45.4. The minimum absolute atomic E-state index is 0.0278. The maximum atomic E-state index is 15.3. The summed E-state index contributed by atoms with van der Waals surface area (Å²) < 4.78 is 23.9. The SMILES string of the molecule is CC(N)S.CC[C@]1(O)C[C@@H]2C[N@@](CCc3c([nH]c4ccccc34)[C@@](C(=O)OC)(c3cc4c(cc3OC)N(C)[C@H]3[C@@](O)(C(=O)OC)[C@H](OC(C)=O)[C@]5(CC)C=CCN6CC[C@]43[C@@H]65)C2)C1. The number of carbonyl (C=O) groups excluding carboxylic acids is 3. The number of nitrogens with two attached hydrogens (primary N) is 1. The summed E-state index contributed by atoms with van der Waals surface area (Å²) in [4.78, 5) is 53.2. The van der Waals surface area contributed by atoms with Gasteiger partial charge < -0.3 is 44.8 Å². The first-order valence-electron chi connectivity index (χ1n) is 22.4. The summed E-state index contributed by atoms with van der Waals surface area (Å²) in [6, 6.07) is 11.0. The van der Waals surface area contributed by atoms with E-state index in [-0.39, 0.29) is 17.3 Å². The largest absolute Gasteiger partial charge is 0.496 e. The molecule has 342 valence electrons. The van der Waals surface area contributed by atoms with Crippen LogP contribution in [0.5, 0.6) is 5.75 Å². The Hall–Kier alpha value is -4.12. The summed E-state index contributed by atoms with van der Waals surface area (Å²) in [7, 11) is 6.15. The third-order valence-electron chi connectivity index (χ3n) is 15.6. The number of anilines is 1. The number of hydrogen-bond donors (Lipinski definition) is 5. The molecule has 6 aliphatic rings. The van der Waals surface area contributed by atoms with E-state index in [9.17, 15) is 19.8 Å². The Balaban J connectivity index is 0.00000131. The Morgan fingerprint density at radius 3 is 2.37 bits per heavy atom. The van der Waals surface area contributed by atoms with E-state index >= 15 is 4.79 Å². The average Bonchev–Trinajstić information content (AvgIpc) is 3.92. The van der Waals surface area contributed by atoms with Gasteiger partial charge in [-0.25, -0.2) is 4.79 Å². The summed E-state index contributed by atoms with van der Waals surface area (Å²) in [6.07, 6.45) is 5.94. The van der Waals surface area contributed by atoms with E-state index < -0.39 is 57.5 Å². The topological polar surface area (TPSA) is 180 Å². The number of likely N-dealkylation sites (N-methyl/N-ethyl adjacent to an activating group) is 1. The molecule has 9 rings (SSSR count). The number of rotatable bonds is 7. The van der Waals surface area contributed by atoms with Crippen LogP contribution in [0.3, 0.4) is 0 Å². The predicted molar refractivity (Wildman–Crippen MR) is 243 cm³/mol. The molecule has 1 aliphatic carbocycles. The Bertz CT molecular complexity index is 2320. The van der Waals surface area contributed by atoms with Crippen molar-refractivity contribution in [2.45, 2.75) is 112 Å². The molecule has 63 heavy (non-hydrogen) atoms. The van der Waals surface area contributed by atoms with E-state index in [0.717, 1.165) is 33.4 Å². The number of para-hydroxylation sites is 1. The van der Waals surface area contributed by atoms with E-state index in [2.05, 4.69) is 51.7 Å². The van der Waals surface area contributed by atoms with E-state index in [1.165, 1.54) is 21.1 Å². The molecule has 5 aliphatic heterocycles.